The Labute approximate surface area is 120 Å². The number of ketones is 1. The van der Waals surface area contributed by atoms with Crippen LogP contribution in [0.3, 0.4) is 0 Å². The van der Waals surface area contributed by atoms with E-state index in [0.29, 0.717) is 11.1 Å². The van der Waals surface area contributed by atoms with E-state index in [4.69, 9.17) is 11.6 Å². The van der Waals surface area contributed by atoms with Gasteiger partial charge in [-0.25, -0.2) is 0 Å². The molecular weight excluding hydrogens is 288 g/mol. The second-order valence-corrected chi connectivity index (χ2v) is 5.71. The minimum Gasteiger partial charge on any atom is -0.389 e. The van der Waals surface area contributed by atoms with E-state index in [1.54, 1.807) is 0 Å². The molecule has 1 aromatic carbocycles. The number of hydrogen-bond acceptors (Lipinski definition) is 5. The summed E-state index contributed by atoms with van der Waals surface area (Å²) in [6, 6.07) is 4.49. The molecule has 104 valence electrons. The Bertz CT molecular complexity index is 490. The van der Waals surface area contributed by atoms with Crippen molar-refractivity contribution < 1.29 is 19.8 Å². The molecule has 2 atom stereocenters. The number of rotatable bonds is 5. The van der Waals surface area contributed by atoms with E-state index in [1.165, 1.54) is 32.0 Å². The maximum absolute atomic E-state index is 11.2. The van der Waals surface area contributed by atoms with Gasteiger partial charge in [-0.05, 0) is 24.6 Å². The van der Waals surface area contributed by atoms with Crippen molar-refractivity contribution in [2.45, 2.75) is 26.1 Å². The number of benzene rings is 1. The largest absolute Gasteiger partial charge is 0.389 e. The van der Waals surface area contributed by atoms with Crippen LogP contribution in [0.5, 0.6) is 0 Å². The summed E-state index contributed by atoms with van der Waals surface area (Å²) < 4.78 is 0. The molecule has 19 heavy (non-hydrogen) atoms. The highest BCUT2D eigenvalue weighted by molar-refractivity contribution is 8.13. The Morgan fingerprint density at radius 1 is 1.32 bits per heavy atom. The third-order valence-electron chi connectivity index (χ3n) is 2.54. The summed E-state index contributed by atoms with van der Waals surface area (Å²) in [6.45, 7) is 2.79. The quantitative estimate of drug-likeness (QED) is 0.816. The maximum Gasteiger partial charge on any atom is 0.185 e. The standard InChI is InChI=1S/C13H15ClO4S/c1-7(15)10-4-3-9(5-11(10)14)13(18)12(17)6-19-8(2)16/h3-5,12-13,17-18H,6H2,1-2H3. The summed E-state index contributed by atoms with van der Waals surface area (Å²) in [5.74, 6) is -0.0681. The lowest BCUT2D eigenvalue weighted by Crippen LogP contribution is -2.21. The van der Waals surface area contributed by atoms with Crippen LogP contribution in [0, 0.1) is 0 Å². The monoisotopic (exact) mass is 302 g/mol. The minimum atomic E-state index is -1.15. The van der Waals surface area contributed by atoms with E-state index in [1.807, 2.05) is 0 Å². The Hall–Kier alpha value is -0.880. The summed E-state index contributed by atoms with van der Waals surface area (Å²) in [7, 11) is 0. The summed E-state index contributed by atoms with van der Waals surface area (Å²) in [4.78, 5) is 22.0. The van der Waals surface area contributed by atoms with Gasteiger partial charge in [-0.3, -0.25) is 9.59 Å². The van der Waals surface area contributed by atoms with Crippen LogP contribution in [0.1, 0.15) is 35.9 Å². The molecule has 0 aromatic heterocycles. The number of aliphatic hydroxyl groups excluding tert-OH is 2. The van der Waals surface area contributed by atoms with Gasteiger partial charge in [0.05, 0.1) is 11.1 Å². The van der Waals surface area contributed by atoms with Gasteiger partial charge in [-0.15, -0.1) is 0 Å². The smallest absolute Gasteiger partial charge is 0.185 e. The zero-order valence-electron chi connectivity index (χ0n) is 10.6. The normalized spacial score (nSPS) is 13.9. The van der Waals surface area contributed by atoms with E-state index >= 15 is 0 Å². The molecular formula is C13H15ClO4S. The molecule has 2 N–H and O–H groups in total. The number of thioether (sulfide) groups is 1. The lowest BCUT2D eigenvalue weighted by Gasteiger charge is -2.18. The predicted octanol–water partition coefficient (Wildman–Crippen LogP) is 2.22. The molecule has 0 aliphatic heterocycles. The molecule has 0 heterocycles. The molecule has 0 saturated heterocycles. The van der Waals surface area contributed by atoms with Crippen molar-refractivity contribution in [3.05, 3.63) is 34.3 Å². The molecule has 1 rings (SSSR count). The highest BCUT2D eigenvalue weighted by atomic mass is 35.5. The summed E-state index contributed by atoms with van der Waals surface area (Å²) in [5, 5.41) is 19.8. The van der Waals surface area contributed by atoms with Crippen molar-refractivity contribution in [2.75, 3.05) is 5.75 Å². The van der Waals surface area contributed by atoms with Gasteiger partial charge in [0.25, 0.3) is 0 Å². The predicted molar refractivity (Wildman–Crippen MR) is 75.6 cm³/mol. The molecule has 6 heteroatoms. The van der Waals surface area contributed by atoms with Gasteiger partial charge in [-0.1, -0.05) is 29.4 Å². The van der Waals surface area contributed by atoms with E-state index in [0.717, 1.165) is 11.8 Å². The van der Waals surface area contributed by atoms with E-state index < -0.39 is 12.2 Å². The summed E-state index contributed by atoms with van der Waals surface area (Å²) in [6.07, 6.45) is -2.22. The molecule has 0 amide bonds. The molecule has 0 aliphatic carbocycles. The lowest BCUT2D eigenvalue weighted by molar-refractivity contribution is -0.109. The molecule has 1 aromatic rings. The second kappa shape index (κ2) is 7.05. The van der Waals surface area contributed by atoms with Crippen molar-refractivity contribution in [3.8, 4) is 0 Å². The summed E-state index contributed by atoms with van der Waals surface area (Å²) >= 11 is 6.87. The van der Waals surface area contributed by atoms with Gasteiger partial charge in [0.2, 0.25) is 0 Å². The van der Waals surface area contributed by atoms with Crippen molar-refractivity contribution in [2.24, 2.45) is 0 Å². The number of halogens is 1. The van der Waals surface area contributed by atoms with Crippen molar-refractivity contribution >= 4 is 34.3 Å². The van der Waals surface area contributed by atoms with Gasteiger partial charge >= 0.3 is 0 Å². The lowest BCUT2D eigenvalue weighted by atomic mass is 10.0. The topological polar surface area (TPSA) is 74.6 Å². The Morgan fingerprint density at radius 2 is 1.95 bits per heavy atom. The van der Waals surface area contributed by atoms with E-state index in [-0.39, 0.29) is 21.7 Å². The van der Waals surface area contributed by atoms with Gasteiger partial charge < -0.3 is 10.2 Å². The van der Waals surface area contributed by atoms with Gasteiger partial charge in [0, 0.05) is 18.2 Å². The molecule has 0 radical (unpaired) electrons. The molecule has 0 aliphatic rings. The van der Waals surface area contributed by atoms with Crippen molar-refractivity contribution in [3.63, 3.8) is 0 Å². The Morgan fingerprint density at radius 3 is 2.42 bits per heavy atom. The molecule has 0 bridgehead atoms. The van der Waals surface area contributed by atoms with Gasteiger partial charge in [0.15, 0.2) is 10.9 Å². The molecule has 4 nitrogen and oxygen atoms in total. The van der Waals surface area contributed by atoms with E-state index in [9.17, 15) is 19.8 Å². The number of Topliss-reactive ketones (excluding diaryl/α,β-unsaturated/α-hetero) is 1. The van der Waals surface area contributed by atoms with Crippen LogP contribution in [0.2, 0.25) is 5.02 Å². The zero-order valence-corrected chi connectivity index (χ0v) is 12.2. The molecule has 0 spiro atoms. The SMILES string of the molecule is CC(=O)SCC(O)C(O)c1ccc(C(C)=O)c(Cl)c1. The van der Waals surface area contributed by atoms with Crippen LogP contribution in [-0.4, -0.2) is 33.0 Å². The van der Waals surface area contributed by atoms with Crippen LogP contribution in [0.15, 0.2) is 18.2 Å². The van der Waals surface area contributed by atoms with Crippen molar-refractivity contribution in [1.29, 1.82) is 0 Å². The zero-order chi connectivity index (χ0) is 14.6. The fraction of sp³-hybridized carbons (Fsp3) is 0.385. The van der Waals surface area contributed by atoms with Crippen LogP contribution in [-0.2, 0) is 4.79 Å². The third kappa shape index (κ3) is 4.62. The number of carbonyl (C=O) groups is 2. The highest BCUT2D eigenvalue weighted by Gasteiger charge is 2.20. The first-order chi connectivity index (χ1) is 8.82. The van der Waals surface area contributed by atoms with Crippen LogP contribution in [0.25, 0.3) is 0 Å². The van der Waals surface area contributed by atoms with Crippen LogP contribution in [0.4, 0.5) is 0 Å². The first kappa shape index (κ1) is 16.2. The van der Waals surface area contributed by atoms with Crippen LogP contribution < -0.4 is 0 Å². The highest BCUT2D eigenvalue weighted by Crippen LogP contribution is 2.25. The average Bonchev–Trinajstić information content (AvgIpc) is 2.34. The third-order valence-corrected chi connectivity index (χ3v) is 3.76. The second-order valence-electron chi connectivity index (χ2n) is 4.11. The first-order valence-corrected chi connectivity index (χ1v) is 6.99. The molecule has 0 fully saturated rings. The number of aliphatic hydroxyl groups is 2. The summed E-state index contributed by atoms with van der Waals surface area (Å²) in [5.41, 5.74) is 0.775. The van der Waals surface area contributed by atoms with Gasteiger partial charge in [0.1, 0.15) is 6.10 Å². The van der Waals surface area contributed by atoms with Crippen molar-refractivity contribution in [1.82, 2.24) is 0 Å². The molecule has 2 unspecified atom stereocenters. The Balaban J connectivity index is 2.82. The number of carbonyl (C=O) groups excluding carboxylic acids is 2. The maximum atomic E-state index is 11.2. The number of hydrogen-bond donors (Lipinski definition) is 2. The van der Waals surface area contributed by atoms with E-state index in [2.05, 4.69) is 0 Å². The van der Waals surface area contributed by atoms with Gasteiger partial charge in [-0.2, -0.15) is 0 Å². The molecule has 0 saturated carbocycles. The fourth-order valence-electron chi connectivity index (χ4n) is 1.52. The minimum absolute atomic E-state index is 0.0998. The first-order valence-electron chi connectivity index (χ1n) is 5.62. The Kier molecular flexibility index (Phi) is 6.00. The fourth-order valence-corrected chi connectivity index (χ4v) is 2.43. The van der Waals surface area contributed by atoms with Crippen LogP contribution >= 0.6 is 23.4 Å². The average molecular weight is 303 g/mol.